The SMILES string of the molecule is CCCCc1nc2ccc(N(C)C)cc2n1Cc1ccc(-c2ccccc2C(=O)OC(=O)C(F)(F)F)cc1. The maximum Gasteiger partial charge on any atom is 0.491 e. The lowest BCUT2D eigenvalue weighted by Gasteiger charge is -2.14. The zero-order chi connectivity index (χ0) is 27.4. The lowest BCUT2D eigenvalue weighted by Crippen LogP contribution is -2.28. The number of alkyl halides is 3. The highest BCUT2D eigenvalue weighted by atomic mass is 19.4. The van der Waals surface area contributed by atoms with Crippen molar-refractivity contribution in [1.82, 2.24) is 9.55 Å². The zero-order valence-corrected chi connectivity index (χ0v) is 21.4. The number of anilines is 1. The number of imidazole rings is 1. The molecule has 0 atom stereocenters. The normalized spacial score (nSPS) is 11.5. The van der Waals surface area contributed by atoms with Crippen molar-refractivity contribution in [2.75, 3.05) is 19.0 Å². The summed E-state index contributed by atoms with van der Waals surface area (Å²) in [5, 5.41) is 0. The first-order chi connectivity index (χ1) is 18.1. The summed E-state index contributed by atoms with van der Waals surface area (Å²) in [7, 11) is 3.98. The van der Waals surface area contributed by atoms with Crippen molar-refractivity contribution >= 4 is 28.7 Å². The first kappa shape index (κ1) is 26.9. The van der Waals surface area contributed by atoms with Gasteiger partial charge in [0.15, 0.2) is 0 Å². The predicted octanol–water partition coefficient (Wildman–Crippen LogP) is 6.41. The first-order valence-electron chi connectivity index (χ1n) is 12.3. The van der Waals surface area contributed by atoms with Crippen molar-refractivity contribution in [2.45, 2.75) is 38.9 Å². The van der Waals surface area contributed by atoms with Crippen LogP contribution in [-0.2, 0) is 22.5 Å². The lowest BCUT2D eigenvalue weighted by molar-refractivity contribution is -0.193. The van der Waals surface area contributed by atoms with Gasteiger partial charge in [-0.2, -0.15) is 13.2 Å². The third-order valence-electron chi connectivity index (χ3n) is 6.25. The Labute approximate surface area is 218 Å². The third-order valence-corrected chi connectivity index (χ3v) is 6.25. The lowest BCUT2D eigenvalue weighted by atomic mass is 9.98. The summed E-state index contributed by atoms with van der Waals surface area (Å²) >= 11 is 0. The summed E-state index contributed by atoms with van der Waals surface area (Å²) in [5.74, 6) is -2.89. The van der Waals surface area contributed by atoms with Gasteiger partial charge < -0.3 is 14.2 Å². The number of unbranched alkanes of at least 4 members (excludes halogenated alkanes) is 1. The number of benzene rings is 3. The van der Waals surface area contributed by atoms with E-state index in [0.717, 1.165) is 47.4 Å². The van der Waals surface area contributed by atoms with Crippen LogP contribution in [0.15, 0.2) is 66.7 Å². The van der Waals surface area contributed by atoms with E-state index in [0.29, 0.717) is 17.7 Å². The van der Waals surface area contributed by atoms with Gasteiger partial charge in [0.25, 0.3) is 0 Å². The summed E-state index contributed by atoms with van der Waals surface area (Å²) < 4.78 is 44.0. The van der Waals surface area contributed by atoms with Gasteiger partial charge in [0, 0.05) is 32.7 Å². The van der Waals surface area contributed by atoms with Crippen molar-refractivity contribution in [3.05, 3.63) is 83.7 Å². The molecule has 3 aromatic carbocycles. The summed E-state index contributed by atoms with van der Waals surface area (Å²) in [5.41, 5.74) is 4.88. The topological polar surface area (TPSA) is 64.4 Å². The van der Waals surface area contributed by atoms with Gasteiger partial charge in [0.2, 0.25) is 0 Å². The maximum atomic E-state index is 12.6. The van der Waals surface area contributed by atoms with Crippen LogP contribution in [-0.4, -0.2) is 41.8 Å². The molecule has 198 valence electrons. The van der Waals surface area contributed by atoms with Crippen LogP contribution in [0.25, 0.3) is 22.2 Å². The van der Waals surface area contributed by atoms with Crippen LogP contribution in [0.1, 0.15) is 41.5 Å². The van der Waals surface area contributed by atoms with Crippen molar-refractivity contribution in [3.63, 3.8) is 0 Å². The molecular weight excluding hydrogens is 495 g/mol. The van der Waals surface area contributed by atoms with Crippen molar-refractivity contribution in [2.24, 2.45) is 0 Å². The van der Waals surface area contributed by atoms with Gasteiger partial charge in [-0.15, -0.1) is 0 Å². The minimum Gasteiger partial charge on any atom is -0.383 e. The van der Waals surface area contributed by atoms with E-state index in [1.165, 1.54) is 12.1 Å². The quantitative estimate of drug-likeness (QED) is 0.197. The van der Waals surface area contributed by atoms with E-state index >= 15 is 0 Å². The van der Waals surface area contributed by atoms with Gasteiger partial charge >= 0.3 is 18.1 Å². The van der Waals surface area contributed by atoms with E-state index in [1.54, 1.807) is 24.3 Å². The van der Waals surface area contributed by atoms with Crippen LogP contribution >= 0.6 is 0 Å². The fourth-order valence-electron chi connectivity index (χ4n) is 4.22. The predicted molar refractivity (Wildman–Crippen MR) is 140 cm³/mol. The minimum atomic E-state index is -5.26. The maximum absolute atomic E-state index is 12.6. The summed E-state index contributed by atoms with van der Waals surface area (Å²) in [6, 6.07) is 19.7. The van der Waals surface area contributed by atoms with Crippen LogP contribution in [0.3, 0.4) is 0 Å². The smallest absolute Gasteiger partial charge is 0.383 e. The number of ether oxygens (including phenoxy) is 1. The molecule has 0 fully saturated rings. The van der Waals surface area contributed by atoms with Crippen LogP contribution in [0, 0.1) is 0 Å². The summed E-state index contributed by atoms with van der Waals surface area (Å²) in [6.45, 7) is 2.72. The molecule has 1 heterocycles. The van der Waals surface area contributed by atoms with E-state index in [-0.39, 0.29) is 5.56 Å². The fourth-order valence-corrected chi connectivity index (χ4v) is 4.22. The van der Waals surface area contributed by atoms with E-state index in [4.69, 9.17) is 4.98 Å². The van der Waals surface area contributed by atoms with Crippen molar-refractivity contribution in [3.8, 4) is 11.1 Å². The number of carbonyl (C=O) groups excluding carboxylic acids is 2. The van der Waals surface area contributed by atoms with Crippen molar-refractivity contribution in [1.29, 1.82) is 0 Å². The summed E-state index contributed by atoms with van der Waals surface area (Å²) in [6.07, 6.45) is -2.33. The third kappa shape index (κ3) is 5.88. The monoisotopic (exact) mass is 523 g/mol. The molecule has 0 unspecified atom stereocenters. The van der Waals surface area contributed by atoms with E-state index in [2.05, 4.69) is 22.3 Å². The second kappa shape index (κ2) is 11.1. The molecule has 0 aliphatic heterocycles. The molecule has 4 rings (SSSR count). The molecule has 0 bridgehead atoms. The number of aryl methyl sites for hydroxylation is 1. The Morgan fingerprint density at radius 1 is 1.00 bits per heavy atom. The van der Waals surface area contributed by atoms with Crippen LogP contribution < -0.4 is 4.90 Å². The average Bonchev–Trinajstić information content (AvgIpc) is 3.23. The van der Waals surface area contributed by atoms with E-state index < -0.39 is 18.1 Å². The number of nitrogens with zero attached hydrogens (tertiary/aromatic N) is 3. The fraction of sp³-hybridized carbons (Fsp3) is 0.276. The number of aromatic nitrogens is 2. The molecule has 38 heavy (non-hydrogen) atoms. The molecule has 0 saturated heterocycles. The number of carbonyl (C=O) groups is 2. The number of hydrogen-bond donors (Lipinski definition) is 0. The largest absolute Gasteiger partial charge is 0.491 e. The van der Waals surface area contributed by atoms with Gasteiger partial charge in [-0.25, -0.2) is 14.6 Å². The molecule has 0 aliphatic rings. The number of fused-ring (bicyclic) bond motifs is 1. The molecule has 4 aromatic rings. The second-order valence-electron chi connectivity index (χ2n) is 9.20. The Morgan fingerprint density at radius 3 is 2.37 bits per heavy atom. The molecular formula is C29H28F3N3O3. The highest BCUT2D eigenvalue weighted by Crippen LogP contribution is 2.28. The molecule has 0 N–H and O–H groups in total. The Hall–Kier alpha value is -4.14. The molecule has 9 heteroatoms. The highest BCUT2D eigenvalue weighted by Gasteiger charge is 2.42. The van der Waals surface area contributed by atoms with Gasteiger partial charge in [0.05, 0.1) is 16.6 Å². The summed E-state index contributed by atoms with van der Waals surface area (Å²) in [4.78, 5) is 30.4. The molecule has 1 aromatic heterocycles. The number of hydrogen-bond acceptors (Lipinski definition) is 5. The molecule has 0 saturated carbocycles. The Balaban J connectivity index is 1.63. The Kier molecular flexibility index (Phi) is 7.85. The number of rotatable bonds is 8. The van der Waals surface area contributed by atoms with E-state index in [1.807, 2.05) is 43.3 Å². The van der Waals surface area contributed by atoms with Crippen LogP contribution in [0.2, 0.25) is 0 Å². The van der Waals surface area contributed by atoms with Crippen LogP contribution in [0.5, 0.6) is 0 Å². The first-order valence-corrected chi connectivity index (χ1v) is 12.3. The highest BCUT2D eigenvalue weighted by molar-refractivity contribution is 6.02. The van der Waals surface area contributed by atoms with E-state index in [9.17, 15) is 22.8 Å². The standard InChI is InChI=1S/C29H28F3N3O3/c1-4-5-10-26-33-24-16-15-21(34(2)3)17-25(24)35(26)18-19-11-13-20(14-12-19)22-8-6-7-9-23(22)27(36)38-28(37)29(30,31)32/h6-9,11-17H,4-5,10,18H2,1-3H3. The van der Waals surface area contributed by atoms with Crippen LogP contribution in [0.4, 0.5) is 18.9 Å². The average molecular weight is 524 g/mol. The molecule has 0 aliphatic carbocycles. The molecule has 0 amide bonds. The molecule has 6 nitrogen and oxygen atoms in total. The zero-order valence-electron chi connectivity index (χ0n) is 21.4. The molecule has 0 spiro atoms. The van der Waals surface area contributed by atoms with Gasteiger partial charge in [-0.1, -0.05) is 55.8 Å². The Morgan fingerprint density at radius 2 is 1.71 bits per heavy atom. The minimum absolute atomic E-state index is 0.128. The molecule has 0 radical (unpaired) electrons. The number of esters is 2. The van der Waals surface area contributed by atoms with Gasteiger partial charge in [0.1, 0.15) is 5.82 Å². The van der Waals surface area contributed by atoms with Gasteiger partial charge in [-0.3, -0.25) is 0 Å². The van der Waals surface area contributed by atoms with Gasteiger partial charge in [-0.05, 0) is 47.4 Å². The number of halogens is 3. The van der Waals surface area contributed by atoms with Crippen molar-refractivity contribution < 1.29 is 27.5 Å². The Bertz CT molecular complexity index is 1460. The second-order valence-corrected chi connectivity index (χ2v) is 9.20.